The molecule has 0 heterocycles. The average molecular weight is 340 g/mol. The number of nitrogens with one attached hydrogen (secondary N) is 1. The van der Waals surface area contributed by atoms with Gasteiger partial charge >= 0.3 is 0 Å². The second kappa shape index (κ2) is 6.81. The SMILES string of the molecule is C[C@@H]1C[C@@H]1C(=O)NCCC(=O)N(C1CC1)[C@H]1CCCc2ccccc21. The molecular formula is C21H28N2O2. The molecule has 2 saturated carbocycles. The largest absolute Gasteiger partial charge is 0.355 e. The van der Waals surface area contributed by atoms with Crippen molar-refractivity contribution < 1.29 is 9.59 Å². The summed E-state index contributed by atoms with van der Waals surface area (Å²) in [6.07, 6.45) is 6.98. The molecule has 0 unspecified atom stereocenters. The molecule has 3 aliphatic carbocycles. The van der Waals surface area contributed by atoms with E-state index >= 15 is 0 Å². The van der Waals surface area contributed by atoms with Crippen LogP contribution in [0.2, 0.25) is 0 Å². The third kappa shape index (κ3) is 3.58. The molecule has 1 N–H and O–H groups in total. The molecule has 0 aromatic heterocycles. The Hall–Kier alpha value is -1.84. The van der Waals surface area contributed by atoms with Crippen LogP contribution in [0.1, 0.15) is 62.6 Å². The van der Waals surface area contributed by atoms with Crippen LogP contribution in [0.3, 0.4) is 0 Å². The highest BCUT2D eigenvalue weighted by molar-refractivity contribution is 5.82. The van der Waals surface area contributed by atoms with E-state index in [9.17, 15) is 9.59 Å². The Bertz CT molecular complexity index is 668. The van der Waals surface area contributed by atoms with Gasteiger partial charge in [0.05, 0.1) is 6.04 Å². The fourth-order valence-corrected chi connectivity index (χ4v) is 4.24. The molecule has 0 saturated heterocycles. The van der Waals surface area contributed by atoms with E-state index in [4.69, 9.17) is 0 Å². The van der Waals surface area contributed by atoms with Gasteiger partial charge < -0.3 is 10.2 Å². The van der Waals surface area contributed by atoms with Crippen molar-refractivity contribution in [3.05, 3.63) is 35.4 Å². The van der Waals surface area contributed by atoms with Crippen LogP contribution in [0.4, 0.5) is 0 Å². The molecule has 2 fully saturated rings. The van der Waals surface area contributed by atoms with Crippen LogP contribution in [-0.2, 0) is 16.0 Å². The quantitative estimate of drug-likeness (QED) is 0.864. The van der Waals surface area contributed by atoms with E-state index in [0.717, 1.165) is 38.5 Å². The molecule has 4 nitrogen and oxygen atoms in total. The second-order valence-electron chi connectivity index (χ2n) is 8.00. The number of fused-ring (bicyclic) bond motifs is 1. The molecule has 0 spiro atoms. The van der Waals surface area contributed by atoms with Gasteiger partial charge in [0.25, 0.3) is 0 Å². The molecule has 0 bridgehead atoms. The number of aryl methyl sites for hydroxylation is 1. The minimum atomic E-state index is 0.126. The van der Waals surface area contributed by atoms with E-state index < -0.39 is 0 Å². The lowest BCUT2D eigenvalue weighted by Gasteiger charge is -2.36. The van der Waals surface area contributed by atoms with Gasteiger partial charge in [-0.05, 0) is 55.6 Å². The molecule has 0 radical (unpaired) electrons. The number of hydrogen-bond donors (Lipinski definition) is 1. The van der Waals surface area contributed by atoms with Crippen LogP contribution in [-0.4, -0.2) is 29.3 Å². The lowest BCUT2D eigenvalue weighted by Crippen LogP contribution is -2.40. The van der Waals surface area contributed by atoms with Crippen LogP contribution in [0.25, 0.3) is 0 Å². The summed E-state index contributed by atoms with van der Waals surface area (Å²) in [5.41, 5.74) is 2.73. The van der Waals surface area contributed by atoms with Crippen molar-refractivity contribution >= 4 is 11.8 Å². The topological polar surface area (TPSA) is 49.4 Å². The van der Waals surface area contributed by atoms with Gasteiger partial charge in [0, 0.05) is 24.9 Å². The van der Waals surface area contributed by atoms with Crippen molar-refractivity contribution in [1.29, 1.82) is 0 Å². The minimum Gasteiger partial charge on any atom is -0.355 e. The molecule has 1 aromatic carbocycles. The summed E-state index contributed by atoms with van der Waals surface area (Å²) in [5, 5.41) is 2.96. The highest BCUT2D eigenvalue weighted by Crippen LogP contribution is 2.41. The van der Waals surface area contributed by atoms with Crippen molar-refractivity contribution in [3.63, 3.8) is 0 Å². The van der Waals surface area contributed by atoms with Gasteiger partial charge in [-0.1, -0.05) is 31.2 Å². The van der Waals surface area contributed by atoms with Crippen LogP contribution in [0, 0.1) is 11.8 Å². The van der Waals surface area contributed by atoms with E-state index in [-0.39, 0.29) is 23.8 Å². The van der Waals surface area contributed by atoms with Gasteiger partial charge in [-0.15, -0.1) is 0 Å². The van der Waals surface area contributed by atoms with Gasteiger partial charge in [0.1, 0.15) is 0 Å². The van der Waals surface area contributed by atoms with Gasteiger partial charge in [-0.3, -0.25) is 9.59 Å². The predicted molar refractivity (Wildman–Crippen MR) is 96.9 cm³/mol. The number of carbonyl (C=O) groups excluding carboxylic acids is 2. The fourth-order valence-electron chi connectivity index (χ4n) is 4.24. The van der Waals surface area contributed by atoms with Crippen molar-refractivity contribution in [2.75, 3.05) is 6.54 Å². The van der Waals surface area contributed by atoms with E-state index in [2.05, 4.69) is 41.4 Å². The monoisotopic (exact) mass is 340 g/mol. The van der Waals surface area contributed by atoms with Crippen LogP contribution in [0.15, 0.2) is 24.3 Å². The summed E-state index contributed by atoms with van der Waals surface area (Å²) < 4.78 is 0. The van der Waals surface area contributed by atoms with E-state index in [1.807, 2.05) is 0 Å². The molecule has 4 heteroatoms. The number of carbonyl (C=O) groups is 2. The maximum absolute atomic E-state index is 12.9. The van der Waals surface area contributed by atoms with Crippen molar-refractivity contribution in [1.82, 2.24) is 10.2 Å². The average Bonchev–Trinajstić information content (AvgIpc) is 3.53. The van der Waals surface area contributed by atoms with Gasteiger partial charge in [-0.2, -0.15) is 0 Å². The molecule has 134 valence electrons. The minimum absolute atomic E-state index is 0.126. The Labute approximate surface area is 150 Å². The normalized spacial score (nSPS) is 27.3. The zero-order chi connectivity index (χ0) is 17.4. The van der Waals surface area contributed by atoms with E-state index in [1.165, 1.54) is 11.1 Å². The highest BCUT2D eigenvalue weighted by atomic mass is 16.2. The first kappa shape index (κ1) is 16.6. The smallest absolute Gasteiger partial charge is 0.225 e. The Morgan fingerprint density at radius 3 is 2.68 bits per heavy atom. The standard InChI is InChI=1S/C21H28N2O2/c1-14-13-18(14)21(25)22-12-11-20(24)23(16-9-10-16)19-8-4-6-15-5-2-3-7-17(15)19/h2-3,5,7,14,16,18-19H,4,6,8-13H2,1H3,(H,22,25)/t14-,18+,19+/m1/s1. The Balaban J connectivity index is 1.40. The molecule has 3 aliphatic rings. The highest BCUT2D eigenvalue weighted by Gasteiger charge is 2.40. The molecule has 25 heavy (non-hydrogen) atoms. The molecule has 1 aromatic rings. The van der Waals surface area contributed by atoms with Crippen molar-refractivity contribution in [2.45, 2.75) is 64.0 Å². The zero-order valence-electron chi connectivity index (χ0n) is 15.0. The maximum Gasteiger partial charge on any atom is 0.225 e. The number of benzene rings is 1. The third-order valence-electron chi connectivity index (χ3n) is 5.99. The fraction of sp³-hybridized carbons (Fsp3) is 0.619. The van der Waals surface area contributed by atoms with Crippen LogP contribution < -0.4 is 5.32 Å². The molecule has 4 rings (SSSR count). The van der Waals surface area contributed by atoms with Crippen molar-refractivity contribution in [3.8, 4) is 0 Å². The molecule has 3 atom stereocenters. The number of rotatable bonds is 6. The Kier molecular flexibility index (Phi) is 4.53. The Morgan fingerprint density at radius 1 is 1.20 bits per heavy atom. The summed E-state index contributed by atoms with van der Waals surface area (Å²) in [6, 6.07) is 9.21. The number of hydrogen-bond acceptors (Lipinski definition) is 2. The lowest BCUT2D eigenvalue weighted by atomic mass is 9.86. The summed E-state index contributed by atoms with van der Waals surface area (Å²) in [4.78, 5) is 27.0. The molecule has 2 amide bonds. The first-order valence-corrected chi connectivity index (χ1v) is 9.82. The predicted octanol–water partition coefficient (Wildman–Crippen LogP) is 3.22. The summed E-state index contributed by atoms with van der Waals surface area (Å²) in [7, 11) is 0. The van der Waals surface area contributed by atoms with E-state index in [1.54, 1.807) is 0 Å². The van der Waals surface area contributed by atoms with Crippen LogP contribution >= 0.6 is 0 Å². The maximum atomic E-state index is 12.9. The summed E-state index contributed by atoms with van der Waals surface area (Å²) in [5.74, 6) is 1.02. The summed E-state index contributed by atoms with van der Waals surface area (Å²) in [6.45, 7) is 2.57. The zero-order valence-corrected chi connectivity index (χ0v) is 15.0. The lowest BCUT2D eigenvalue weighted by molar-refractivity contribution is -0.134. The Morgan fingerprint density at radius 2 is 1.96 bits per heavy atom. The third-order valence-corrected chi connectivity index (χ3v) is 5.99. The first-order valence-electron chi connectivity index (χ1n) is 9.82. The number of amides is 2. The summed E-state index contributed by atoms with van der Waals surface area (Å²) >= 11 is 0. The van der Waals surface area contributed by atoms with Gasteiger partial charge in [0.15, 0.2) is 0 Å². The number of nitrogens with zero attached hydrogens (tertiary/aromatic N) is 1. The van der Waals surface area contributed by atoms with Gasteiger partial charge in [0.2, 0.25) is 11.8 Å². The van der Waals surface area contributed by atoms with Crippen LogP contribution in [0.5, 0.6) is 0 Å². The second-order valence-corrected chi connectivity index (χ2v) is 8.00. The van der Waals surface area contributed by atoms with Crippen molar-refractivity contribution in [2.24, 2.45) is 11.8 Å². The van der Waals surface area contributed by atoms with Gasteiger partial charge in [-0.25, -0.2) is 0 Å². The molecular weight excluding hydrogens is 312 g/mol. The molecule has 0 aliphatic heterocycles. The first-order chi connectivity index (χ1) is 12.1. The van der Waals surface area contributed by atoms with E-state index in [0.29, 0.717) is 24.9 Å².